The van der Waals surface area contributed by atoms with E-state index < -0.39 is 19.4 Å². The summed E-state index contributed by atoms with van der Waals surface area (Å²) in [5.41, 5.74) is 5.33. The topological polar surface area (TPSA) is 153 Å². The number of ether oxygens (including phenoxy) is 1. The van der Waals surface area contributed by atoms with E-state index in [4.69, 9.17) is 39.2 Å². The van der Waals surface area contributed by atoms with E-state index in [1.807, 2.05) is 69.5 Å². The molecule has 0 aliphatic heterocycles. The highest BCUT2D eigenvalue weighted by molar-refractivity contribution is 8.07. The molecule has 0 bridgehead atoms. The highest BCUT2D eigenvalue weighted by Gasteiger charge is 2.27. The van der Waals surface area contributed by atoms with Crippen LogP contribution in [0.15, 0.2) is 96.2 Å². The lowest BCUT2D eigenvalue weighted by Gasteiger charge is -2.21. The molecule has 320 valence electrons. The monoisotopic (exact) mass is 886 g/mol. The number of aromatic nitrogens is 2. The summed E-state index contributed by atoms with van der Waals surface area (Å²) in [6, 6.07) is 26.7. The van der Waals surface area contributed by atoms with Gasteiger partial charge in [0.25, 0.3) is 5.69 Å². The molecule has 1 N–H and O–H groups in total. The predicted octanol–water partition coefficient (Wildman–Crippen LogP) is 11.6. The fourth-order valence-corrected chi connectivity index (χ4v) is 8.38. The summed E-state index contributed by atoms with van der Waals surface area (Å²) in [6.07, 6.45) is 4.44. The van der Waals surface area contributed by atoms with Crippen molar-refractivity contribution < 1.29 is 36.8 Å². The van der Waals surface area contributed by atoms with Crippen LogP contribution in [0.2, 0.25) is 0 Å². The average Bonchev–Trinajstić information content (AvgIpc) is 3.18. The molecule has 0 aliphatic carbocycles. The van der Waals surface area contributed by atoms with Crippen LogP contribution < -0.4 is 18.9 Å². The van der Waals surface area contributed by atoms with Gasteiger partial charge in [0.05, 0.1) is 29.0 Å². The molecule has 1 heterocycles. The van der Waals surface area contributed by atoms with Gasteiger partial charge in [-0.15, -0.1) is 11.8 Å². The second-order valence-corrected chi connectivity index (χ2v) is 20.0. The largest absolute Gasteiger partial charge is 0.477 e. The number of thioether (sulfide) groups is 1. The van der Waals surface area contributed by atoms with Crippen LogP contribution in [-0.2, 0) is 41.8 Å². The average molecular weight is 887 g/mol. The molecule has 0 saturated carbocycles. The van der Waals surface area contributed by atoms with E-state index >= 15 is 0 Å². The van der Waals surface area contributed by atoms with Crippen molar-refractivity contribution in [2.24, 2.45) is 0 Å². The Labute approximate surface area is 357 Å². The van der Waals surface area contributed by atoms with Crippen molar-refractivity contribution in [1.29, 1.82) is 0 Å². The maximum Gasteiger partial charge on any atom is 0.458 e. The number of hydrogen-bond donors (Lipinski definition) is 1. The number of rotatable bonds is 16. The summed E-state index contributed by atoms with van der Waals surface area (Å²) < 4.78 is 44.5. The van der Waals surface area contributed by atoms with E-state index in [1.165, 1.54) is 48.4 Å². The zero-order chi connectivity index (χ0) is 43.8. The third kappa shape index (κ3) is 15.9. The van der Waals surface area contributed by atoms with Gasteiger partial charge in [-0.05, 0) is 105 Å². The molecule has 5 rings (SSSR count). The van der Waals surface area contributed by atoms with Gasteiger partial charge in [-0.25, -0.2) is 19.6 Å². The number of benzene rings is 4. The molecular weight excluding hydrogens is 831 g/mol. The smallest absolute Gasteiger partial charge is 0.458 e. The van der Waals surface area contributed by atoms with Crippen molar-refractivity contribution >= 4 is 54.6 Å². The van der Waals surface area contributed by atoms with Crippen LogP contribution >= 0.6 is 26.2 Å². The molecule has 0 saturated heterocycles. The first-order valence-corrected chi connectivity index (χ1v) is 24.1. The molecule has 0 radical (unpaired) electrons. The van der Waals surface area contributed by atoms with E-state index in [2.05, 4.69) is 60.1 Å². The van der Waals surface area contributed by atoms with Crippen molar-refractivity contribution in [1.82, 2.24) is 15.1 Å². The molecule has 13 nitrogen and oxygen atoms in total. The third-order valence-corrected chi connectivity index (χ3v) is 13.5. The first-order chi connectivity index (χ1) is 27.9. The fraction of sp³-hybridized carbons (Fsp3) is 0.381. The minimum absolute atomic E-state index is 0.0175. The molecule has 0 aliphatic rings. The minimum Gasteiger partial charge on any atom is -0.477 e. The quantitative estimate of drug-likeness (QED) is 0.0432. The summed E-state index contributed by atoms with van der Waals surface area (Å²) in [4.78, 5) is 19.9. The highest BCUT2D eigenvalue weighted by atomic mass is 32.5. The van der Waals surface area contributed by atoms with Gasteiger partial charge in [0.15, 0.2) is 0 Å². The summed E-state index contributed by atoms with van der Waals surface area (Å²) in [6.45, 7) is 14.0. The lowest BCUT2D eigenvalue weighted by Crippen LogP contribution is -2.23. The Kier molecular flexibility index (Phi) is 19.4. The lowest BCUT2D eigenvalue weighted by molar-refractivity contribution is -0.385. The number of nitro benzene ring substituents is 1. The Bertz CT molecular complexity index is 2210. The van der Waals surface area contributed by atoms with E-state index in [9.17, 15) is 14.7 Å². The molecule has 17 heteroatoms. The normalized spacial score (nSPS) is 12.4. The number of para-hydroxylation sites is 1. The Morgan fingerprint density at radius 2 is 1.53 bits per heavy atom. The van der Waals surface area contributed by atoms with Crippen molar-refractivity contribution in [3.63, 3.8) is 0 Å². The number of fused-ring (bicyclic) bond motifs is 1. The van der Waals surface area contributed by atoms with Crippen molar-refractivity contribution in [2.45, 2.75) is 78.2 Å². The molecular formula is C42H56N4O9P2S2. The lowest BCUT2D eigenvalue weighted by atomic mass is 9.86. The van der Waals surface area contributed by atoms with Crippen LogP contribution in [0.5, 0.6) is 17.4 Å². The molecule has 1 unspecified atom stereocenters. The maximum atomic E-state index is 12.5. The van der Waals surface area contributed by atoms with Gasteiger partial charge in [-0.1, -0.05) is 57.2 Å². The summed E-state index contributed by atoms with van der Waals surface area (Å²) in [7, 11) is -0.515. The summed E-state index contributed by atoms with van der Waals surface area (Å²) >= 11 is 6.70. The predicted molar refractivity (Wildman–Crippen MR) is 242 cm³/mol. The number of hydrogen-bond acceptors (Lipinski definition) is 13. The first-order valence-electron chi connectivity index (χ1n) is 18.8. The Hall–Kier alpha value is -3.91. The van der Waals surface area contributed by atoms with Gasteiger partial charge in [-0.2, -0.15) is 0 Å². The molecule has 59 heavy (non-hydrogen) atoms. The van der Waals surface area contributed by atoms with Crippen LogP contribution in [0, 0.1) is 24.0 Å². The van der Waals surface area contributed by atoms with Crippen molar-refractivity contribution in [2.75, 3.05) is 33.7 Å². The van der Waals surface area contributed by atoms with Gasteiger partial charge in [-0.3, -0.25) is 14.6 Å². The molecule has 5 aromatic rings. The van der Waals surface area contributed by atoms with E-state index in [0.29, 0.717) is 36.2 Å². The minimum atomic E-state index is -3.30. The fourth-order valence-electron chi connectivity index (χ4n) is 5.32. The zero-order valence-corrected chi connectivity index (χ0v) is 39.0. The third-order valence-electron chi connectivity index (χ3n) is 8.29. The molecule has 0 spiro atoms. The van der Waals surface area contributed by atoms with Crippen LogP contribution in [-0.4, -0.2) is 54.6 Å². The highest BCUT2D eigenvalue weighted by Crippen LogP contribution is 2.48. The van der Waals surface area contributed by atoms with E-state index in [-0.39, 0.29) is 17.1 Å². The number of nitro groups is 1. The molecule has 1 aromatic heterocycles. The van der Waals surface area contributed by atoms with Gasteiger partial charge >= 0.3 is 14.5 Å². The molecule has 0 amide bonds. The second kappa shape index (κ2) is 23.2. The van der Waals surface area contributed by atoms with Gasteiger partial charge < -0.3 is 22.8 Å². The van der Waals surface area contributed by atoms with Crippen LogP contribution in [0.25, 0.3) is 10.9 Å². The molecule has 4 aromatic carbocycles. The van der Waals surface area contributed by atoms with Gasteiger partial charge in [0, 0.05) is 55.0 Å². The second-order valence-electron chi connectivity index (χ2n) is 14.3. The van der Waals surface area contributed by atoms with E-state index in [1.54, 1.807) is 31.9 Å². The zero-order valence-electron chi connectivity index (χ0n) is 35.6. The van der Waals surface area contributed by atoms with E-state index in [0.717, 1.165) is 22.9 Å². The number of aryl methyl sites for hydroxylation is 2. The summed E-state index contributed by atoms with van der Waals surface area (Å²) in [5.74, 6) is 1.60. The Balaban J connectivity index is 0.000000240. The van der Waals surface area contributed by atoms with Gasteiger partial charge in [0.1, 0.15) is 17.8 Å². The number of nitrogens with zero attached hydrogens (tertiary/aromatic N) is 3. The van der Waals surface area contributed by atoms with Crippen molar-refractivity contribution in [3.8, 4) is 17.4 Å². The SMILES string of the molecule is CC(C)(C)c1ccc(CCOc2ncnc3ccccc23)cc1.CCOP(=O)(NC(C)C)Oc1ccc(SC)c(C)c1.COP(=S)(OC)Oc1ccc([N+](=O)[O-])c(C)c1. The molecule has 1 atom stereocenters. The van der Waals surface area contributed by atoms with Crippen LogP contribution in [0.3, 0.4) is 0 Å². The first kappa shape index (κ1) is 49.5. The van der Waals surface area contributed by atoms with Crippen molar-refractivity contribution in [3.05, 3.63) is 124 Å². The van der Waals surface area contributed by atoms with Crippen LogP contribution in [0.1, 0.15) is 63.8 Å². The molecule has 0 fully saturated rings. The standard InChI is InChI=1S/C20H22N2O.C13H22NO3PS.C9H12NO5PS/c1-20(2,3)16-10-8-15(9-11-16)12-13-23-19-17-6-4-5-7-18(17)21-14-22-19;1-6-16-18(15,14-10(2)3)17-12-7-8-13(19-5)11(4)9-12;1-7-6-8(4-5-9(7)10(11)12)15-16(17,13-2)14-3/h4-11,14H,12-13H2,1-3H3;7-10H,6H2,1-5H3,(H,14,15);4-6H,1-3H3. The van der Waals surface area contributed by atoms with Gasteiger partial charge in [0.2, 0.25) is 5.88 Å². The Morgan fingerprint density at radius 3 is 2.08 bits per heavy atom. The Morgan fingerprint density at radius 1 is 0.898 bits per heavy atom. The number of nitrogens with one attached hydrogen (secondary N) is 1. The maximum absolute atomic E-state index is 12.5. The summed E-state index contributed by atoms with van der Waals surface area (Å²) in [5, 5.41) is 14.4. The van der Waals surface area contributed by atoms with Crippen LogP contribution in [0.4, 0.5) is 5.69 Å².